The minimum atomic E-state index is -0.450. The maximum absolute atomic E-state index is 13.7. The summed E-state index contributed by atoms with van der Waals surface area (Å²) >= 11 is 5.89. The van der Waals surface area contributed by atoms with E-state index in [-0.39, 0.29) is 5.82 Å². The van der Waals surface area contributed by atoms with Crippen molar-refractivity contribution in [3.8, 4) is 0 Å². The summed E-state index contributed by atoms with van der Waals surface area (Å²) in [4.78, 5) is 0. The molecule has 0 saturated heterocycles. The Morgan fingerprint density at radius 1 is 1.40 bits per heavy atom. The molecular formula is C15H19ClFN3. The third-order valence-corrected chi connectivity index (χ3v) is 3.73. The molecule has 20 heavy (non-hydrogen) atoms. The topological polar surface area (TPSA) is 43.8 Å². The lowest BCUT2D eigenvalue weighted by Gasteiger charge is -2.12. The van der Waals surface area contributed by atoms with Crippen LogP contribution in [0.4, 0.5) is 4.39 Å². The van der Waals surface area contributed by atoms with Crippen LogP contribution in [0.25, 0.3) is 0 Å². The molecule has 2 aromatic rings. The Labute approximate surface area is 123 Å². The monoisotopic (exact) mass is 295 g/mol. The van der Waals surface area contributed by atoms with Gasteiger partial charge in [-0.05, 0) is 37.6 Å². The fourth-order valence-electron chi connectivity index (χ4n) is 2.05. The second-order valence-corrected chi connectivity index (χ2v) is 5.46. The maximum Gasteiger partial charge on any atom is 0.128 e. The van der Waals surface area contributed by atoms with E-state index in [0.29, 0.717) is 23.0 Å². The van der Waals surface area contributed by atoms with Gasteiger partial charge in [-0.2, -0.15) is 5.10 Å². The zero-order valence-corrected chi connectivity index (χ0v) is 12.4. The number of rotatable bonds is 5. The molecule has 2 atom stereocenters. The summed E-state index contributed by atoms with van der Waals surface area (Å²) in [5.41, 5.74) is 7.35. The van der Waals surface area contributed by atoms with Crippen LogP contribution < -0.4 is 5.73 Å². The van der Waals surface area contributed by atoms with Crippen molar-refractivity contribution in [2.75, 3.05) is 0 Å². The lowest BCUT2D eigenvalue weighted by Crippen LogP contribution is -2.16. The van der Waals surface area contributed by atoms with Gasteiger partial charge in [-0.3, -0.25) is 4.68 Å². The largest absolute Gasteiger partial charge is 0.324 e. The first kappa shape index (κ1) is 15.0. The molecule has 0 bridgehead atoms. The standard InChI is InChI=1S/C15H19ClFN3/c1-3-10(2)20-7-6-12(19-20)9-15(18)13-8-11(16)4-5-14(13)17/h4-8,10,15H,3,9,18H2,1-2H3. The molecule has 5 heteroatoms. The average molecular weight is 296 g/mol. The number of nitrogens with zero attached hydrogens (tertiary/aromatic N) is 2. The van der Waals surface area contributed by atoms with Crippen LogP contribution in [0, 0.1) is 5.82 Å². The molecule has 0 aliphatic heterocycles. The molecule has 0 saturated carbocycles. The highest BCUT2D eigenvalue weighted by Gasteiger charge is 2.14. The first-order valence-electron chi connectivity index (χ1n) is 6.75. The van der Waals surface area contributed by atoms with Crippen LogP contribution in [0.3, 0.4) is 0 Å². The molecule has 1 heterocycles. The van der Waals surface area contributed by atoms with E-state index in [4.69, 9.17) is 17.3 Å². The molecule has 0 fully saturated rings. The molecule has 108 valence electrons. The van der Waals surface area contributed by atoms with Crippen molar-refractivity contribution in [2.24, 2.45) is 5.73 Å². The molecule has 0 aliphatic carbocycles. The smallest absolute Gasteiger partial charge is 0.128 e. The zero-order chi connectivity index (χ0) is 14.7. The number of hydrogen-bond donors (Lipinski definition) is 1. The van der Waals surface area contributed by atoms with Gasteiger partial charge in [0.15, 0.2) is 0 Å². The summed E-state index contributed by atoms with van der Waals surface area (Å²) < 4.78 is 15.7. The Bertz CT molecular complexity index is 582. The van der Waals surface area contributed by atoms with E-state index < -0.39 is 6.04 Å². The number of benzene rings is 1. The molecule has 0 radical (unpaired) electrons. The van der Waals surface area contributed by atoms with Crippen LogP contribution in [0.1, 0.15) is 43.6 Å². The highest BCUT2D eigenvalue weighted by molar-refractivity contribution is 6.30. The second kappa shape index (κ2) is 6.37. The number of nitrogens with two attached hydrogens (primary N) is 1. The van der Waals surface area contributed by atoms with E-state index in [0.717, 1.165) is 12.1 Å². The quantitative estimate of drug-likeness (QED) is 0.909. The van der Waals surface area contributed by atoms with Crippen LogP contribution in [0.2, 0.25) is 5.02 Å². The molecule has 0 amide bonds. The predicted octanol–water partition coefficient (Wildman–Crippen LogP) is 3.89. The van der Waals surface area contributed by atoms with Gasteiger partial charge in [-0.25, -0.2) is 4.39 Å². The fraction of sp³-hybridized carbons (Fsp3) is 0.400. The number of halogens is 2. The van der Waals surface area contributed by atoms with Gasteiger partial charge in [0.1, 0.15) is 5.82 Å². The predicted molar refractivity (Wildman–Crippen MR) is 79.3 cm³/mol. The first-order chi connectivity index (χ1) is 9.51. The van der Waals surface area contributed by atoms with E-state index in [1.165, 1.54) is 12.1 Å². The molecule has 1 aromatic heterocycles. The zero-order valence-electron chi connectivity index (χ0n) is 11.7. The van der Waals surface area contributed by atoms with Crippen LogP contribution >= 0.6 is 11.6 Å². The molecule has 3 nitrogen and oxygen atoms in total. The molecule has 2 unspecified atom stereocenters. The van der Waals surface area contributed by atoms with Crippen molar-refractivity contribution < 1.29 is 4.39 Å². The molecule has 1 aromatic carbocycles. The van der Waals surface area contributed by atoms with Crippen molar-refractivity contribution in [1.29, 1.82) is 0 Å². The summed E-state index contributed by atoms with van der Waals surface area (Å²) in [5, 5.41) is 4.97. The lowest BCUT2D eigenvalue weighted by atomic mass is 10.0. The van der Waals surface area contributed by atoms with Crippen molar-refractivity contribution in [1.82, 2.24) is 9.78 Å². The third-order valence-electron chi connectivity index (χ3n) is 3.49. The van der Waals surface area contributed by atoms with Crippen LogP contribution in [-0.4, -0.2) is 9.78 Å². The van der Waals surface area contributed by atoms with Gasteiger partial charge in [0.2, 0.25) is 0 Å². The third kappa shape index (κ3) is 3.38. The molecular weight excluding hydrogens is 277 g/mol. The van der Waals surface area contributed by atoms with Crippen molar-refractivity contribution in [2.45, 2.75) is 38.8 Å². The Balaban J connectivity index is 2.13. The summed E-state index contributed by atoms with van der Waals surface area (Å²) in [6.45, 7) is 4.21. The molecule has 0 spiro atoms. The van der Waals surface area contributed by atoms with Gasteiger partial charge in [0.25, 0.3) is 0 Å². The van der Waals surface area contributed by atoms with E-state index in [2.05, 4.69) is 18.9 Å². The Hall–Kier alpha value is -1.39. The second-order valence-electron chi connectivity index (χ2n) is 5.02. The molecule has 2 rings (SSSR count). The highest BCUT2D eigenvalue weighted by atomic mass is 35.5. The van der Waals surface area contributed by atoms with E-state index in [1.54, 1.807) is 6.07 Å². The van der Waals surface area contributed by atoms with E-state index in [9.17, 15) is 4.39 Å². The van der Waals surface area contributed by atoms with Gasteiger partial charge in [-0.1, -0.05) is 18.5 Å². The van der Waals surface area contributed by atoms with Gasteiger partial charge < -0.3 is 5.73 Å². The van der Waals surface area contributed by atoms with Gasteiger partial charge in [0.05, 0.1) is 5.69 Å². The summed E-state index contributed by atoms with van der Waals surface area (Å²) in [5.74, 6) is -0.330. The Morgan fingerprint density at radius 2 is 2.15 bits per heavy atom. The van der Waals surface area contributed by atoms with Gasteiger partial charge in [-0.15, -0.1) is 0 Å². The van der Waals surface area contributed by atoms with E-state index in [1.807, 2.05) is 16.9 Å². The summed E-state index contributed by atoms with van der Waals surface area (Å²) in [6, 6.07) is 6.26. The maximum atomic E-state index is 13.7. The normalized spacial score (nSPS) is 14.2. The average Bonchev–Trinajstić information content (AvgIpc) is 2.89. The van der Waals surface area contributed by atoms with Crippen LogP contribution in [0.15, 0.2) is 30.5 Å². The fourth-order valence-corrected chi connectivity index (χ4v) is 2.23. The van der Waals surface area contributed by atoms with E-state index >= 15 is 0 Å². The first-order valence-corrected chi connectivity index (χ1v) is 7.13. The summed E-state index contributed by atoms with van der Waals surface area (Å²) in [7, 11) is 0. The van der Waals surface area contributed by atoms with Crippen LogP contribution in [0.5, 0.6) is 0 Å². The van der Waals surface area contributed by atoms with Gasteiger partial charge >= 0.3 is 0 Å². The van der Waals surface area contributed by atoms with Crippen LogP contribution in [-0.2, 0) is 6.42 Å². The minimum absolute atomic E-state index is 0.330. The highest BCUT2D eigenvalue weighted by Crippen LogP contribution is 2.22. The van der Waals surface area contributed by atoms with Crippen molar-refractivity contribution in [3.63, 3.8) is 0 Å². The minimum Gasteiger partial charge on any atom is -0.324 e. The Morgan fingerprint density at radius 3 is 2.85 bits per heavy atom. The van der Waals surface area contributed by atoms with Gasteiger partial charge in [0, 0.05) is 35.3 Å². The van der Waals surface area contributed by atoms with Crippen molar-refractivity contribution >= 4 is 11.6 Å². The Kier molecular flexibility index (Phi) is 4.78. The molecule has 2 N–H and O–H groups in total. The lowest BCUT2D eigenvalue weighted by molar-refractivity contribution is 0.471. The van der Waals surface area contributed by atoms with Crippen molar-refractivity contribution in [3.05, 3.63) is 52.6 Å². The number of aromatic nitrogens is 2. The molecule has 0 aliphatic rings. The summed E-state index contributed by atoms with van der Waals surface area (Å²) in [6.07, 6.45) is 3.43. The SMILES string of the molecule is CCC(C)n1ccc(CC(N)c2cc(Cl)ccc2F)n1. The number of hydrogen-bond acceptors (Lipinski definition) is 2.